The number of carbonyl (C=O) groups excluding carboxylic acids is 2. The number of nitrogens with one attached hydrogen (secondary N) is 2. The first-order chi connectivity index (χ1) is 13.5. The van der Waals surface area contributed by atoms with Crippen LogP contribution in [0.5, 0.6) is 0 Å². The lowest BCUT2D eigenvalue weighted by Gasteiger charge is -2.25. The molecule has 2 aromatic rings. The van der Waals surface area contributed by atoms with Gasteiger partial charge >= 0.3 is 0 Å². The lowest BCUT2D eigenvalue weighted by molar-refractivity contribution is -0.121. The van der Waals surface area contributed by atoms with E-state index in [1.54, 1.807) is 41.8 Å². The van der Waals surface area contributed by atoms with Gasteiger partial charge in [0, 0.05) is 19.5 Å². The molecule has 7 nitrogen and oxygen atoms in total. The Balaban J connectivity index is 1.48. The second-order valence-electron chi connectivity index (χ2n) is 6.59. The van der Waals surface area contributed by atoms with Crippen molar-refractivity contribution in [3.8, 4) is 0 Å². The summed E-state index contributed by atoms with van der Waals surface area (Å²) in [7, 11) is -3.44. The van der Waals surface area contributed by atoms with E-state index >= 15 is 0 Å². The summed E-state index contributed by atoms with van der Waals surface area (Å²) in [5, 5.41) is 1.78. The summed E-state index contributed by atoms with van der Waals surface area (Å²) in [6.45, 7) is 1.14. The van der Waals surface area contributed by atoms with Gasteiger partial charge in [-0.15, -0.1) is 11.3 Å². The van der Waals surface area contributed by atoms with Crippen LogP contribution in [0.2, 0.25) is 0 Å². The third-order valence-corrected chi connectivity index (χ3v) is 7.36. The summed E-state index contributed by atoms with van der Waals surface area (Å²) >= 11 is 1.29. The highest BCUT2D eigenvalue weighted by Gasteiger charge is 2.25. The minimum absolute atomic E-state index is 0.183. The Bertz CT molecular complexity index is 903. The molecule has 3 rings (SSSR count). The molecule has 2 N–H and O–H groups in total. The number of piperidine rings is 1. The number of aryl methyl sites for hydroxylation is 1. The molecule has 1 aromatic heterocycles. The molecule has 0 aliphatic carbocycles. The highest BCUT2D eigenvalue weighted by Crippen LogP contribution is 2.21. The maximum Gasteiger partial charge on any atom is 0.279 e. The zero-order valence-electron chi connectivity index (χ0n) is 15.4. The molecule has 1 aliphatic rings. The first kappa shape index (κ1) is 20.5. The normalized spacial score (nSPS) is 15.1. The van der Waals surface area contributed by atoms with Crippen molar-refractivity contribution in [2.75, 3.05) is 13.1 Å². The molecule has 0 atom stereocenters. The number of rotatable bonds is 6. The Kier molecular flexibility index (Phi) is 6.82. The molecular weight excluding hydrogens is 398 g/mol. The molecule has 1 fully saturated rings. The monoisotopic (exact) mass is 421 g/mol. The summed E-state index contributed by atoms with van der Waals surface area (Å²) in [6.07, 6.45) is 3.50. The van der Waals surface area contributed by atoms with Crippen LogP contribution in [0.1, 0.15) is 40.9 Å². The maximum absolute atomic E-state index is 12.6. The van der Waals surface area contributed by atoms with Gasteiger partial charge in [0.2, 0.25) is 15.9 Å². The molecular formula is C19H23N3O4S2. The van der Waals surface area contributed by atoms with Crippen molar-refractivity contribution in [2.24, 2.45) is 0 Å². The SMILES string of the molecule is O=C(CCc1ccc(S(=O)(=O)N2CCCCC2)cc1)NNC(=O)c1cccs1. The standard InChI is InChI=1S/C19H23N3O4S2/c23-18(20-21-19(24)17-5-4-14-27-17)11-8-15-6-9-16(10-7-15)28(25,26)22-12-2-1-3-13-22/h4-7,9-10,14H,1-3,8,11-13H2,(H,20,23)(H,21,24). The molecule has 0 radical (unpaired) electrons. The molecule has 0 unspecified atom stereocenters. The summed E-state index contributed by atoms with van der Waals surface area (Å²) < 4.78 is 26.8. The number of amides is 2. The van der Waals surface area contributed by atoms with Crippen LogP contribution in [0.15, 0.2) is 46.7 Å². The Morgan fingerprint density at radius 2 is 1.71 bits per heavy atom. The largest absolute Gasteiger partial charge is 0.279 e. The second-order valence-corrected chi connectivity index (χ2v) is 9.47. The van der Waals surface area contributed by atoms with E-state index in [0.29, 0.717) is 24.4 Å². The van der Waals surface area contributed by atoms with Crippen LogP contribution in [0.4, 0.5) is 0 Å². The zero-order valence-corrected chi connectivity index (χ0v) is 17.0. The van der Waals surface area contributed by atoms with Crippen molar-refractivity contribution >= 4 is 33.2 Å². The van der Waals surface area contributed by atoms with Crippen LogP contribution in [-0.4, -0.2) is 37.6 Å². The number of benzene rings is 1. The topological polar surface area (TPSA) is 95.6 Å². The van der Waals surface area contributed by atoms with Crippen LogP contribution in [0.25, 0.3) is 0 Å². The smallest absolute Gasteiger partial charge is 0.273 e. The fraction of sp³-hybridized carbons (Fsp3) is 0.368. The lowest BCUT2D eigenvalue weighted by atomic mass is 10.1. The van der Waals surface area contributed by atoms with Crippen LogP contribution >= 0.6 is 11.3 Å². The molecule has 1 aromatic carbocycles. The van der Waals surface area contributed by atoms with Crippen LogP contribution in [0, 0.1) is 0 Å². The minimum atomic E-state index is -3.44. The van der Waals surface area contributed by atoms with Gasteiger partial charge in [0.05, 0.1) is 9.77 Å². The second kappa shape index (κ2) is 9.31. The number of sulfonamides is 1. The quantitative estimate of drug-likeness (QED) is 0.700. The predicted octanol–water partition coefficient (Wildman–Crippen LogP) is 2.32. The van der Waals surface area contributed by atoms with Crippen molar-refractivity contribution in [1.82, 2.24) is 15.2 Å². The zero-order chi connectivity index (χ0) is 20.0. The van der Waals surface area contributed by atoms with Gasteiger partial charge in [0.25, 0.3) is 5.91 Å². The Hall–Kier alpha value is -2.23. The third kappa shape index (κ3) is 5.18. The Morgan fingerprint density at radius 3 is 2.36 bits per heavy atom. The number of thiophene rings is 1. The van der Waals surface area contributed by atoms with Crippen molar-refractivity contribution in [3.05, 3.63) is 52.2 Å². The fourth-order valence-electron chi connectivity index (χ4n) is 3.00. The minimum Gasteiger partial charge on any atom is -0.273 e. The van der Waals surface area contributed by atoms with Gasteiger partial charge in [-0.05, 0) is 48.4 Å². The van der Waals surface area contributed by atoms with Crippen molar-refractivity contribution < 1.29 is 18.0 Å². The van der Waals surface area contributed by atoms with Gasteiger partial charge in [-0.25, -0.2) is 8.42 Å². The molecule has 0 bridgehead atoms. The molecule has 2 heterocycles. The lowest BCUT2D eigenvalue weighted by Crippen LogP contribution is -2.41. The van der Waals surface area contributed by atoms with E-state index in [1.807, 2.05) is 0 Å². The number of carbonyl (C=O) groups is 2. The first-order valence-electron chi connectivity index (χ1n) is 9.18. The molecule has 9 heteroatoms. The summed E-state index contributed by atoms with van der Waals surface area (Å²) in [6, 6.07) is 10.1. The first-order valence-corrected chi connectivity index (χ1v) is 11.5. The van der Waals surface area contributed by atoms with Gasteiger partial charge in [-0.3, -0.25) is 20.4 Å². The van der Waals surface area contributed by atoms with E-state index < -0.39 is 10.0 Å². The van der Waals surface area contributed by atoms with E-state index in [-0.39, 0.29) is 23.1 Å². The molecule has 0 saturated carbocycles. The fourth-order valence-corrected chi connectivity index (χ4v) is 5.13. The molecule has 1 aliphatic heterocycles. The predicted molar refractivity (Wildman–Crippen MR) is 107 cm³/mol. The molecule has 150 valence electrons. The van der Waals surface area contributed by atoms with Gasteiger partial charge in [0.15, 0.2) is 0 Å². The highest BCUT2D eigenvalue weighted by atomic mass is 32.2. The van der Waals surface area contributed by atoms with Crippen molar-refractivity contribution in [1.29, 1.82) is 0 Å². The summed E-state index contributed by atoms with van der Waals surface area (Å²) in [5.41, 5.74) is 5.62. The maximum atomic E-state index is 12.6. The number of hydrazine groups is 1. The number of hydrogen-bond acceptors (Lipinski definition) is 5. The van der Waals surface area contributed by atoms with Crippen LogP contribution in [0.3, 0.4) is 0 Å². The molecule has 0 spiro atoms. The Labute approximate surface area is 168 Å². The summed E-state index contributed by atoms with van der Waals surface area (Å²) in [5.74, 6) is -0.662. The van der Waals surface area contributed by atoms with E-state index in [1.165, 1.54) is 15.6 Å². The van der Waals surface area contributed by atoms with Crippen LogP contribution in [-0.2, 0) is 21.2 Å². The molecule has 2 amide bonds. The van der Waals surface area contributed by atoms with E-state index in [9.17, 15) is 18.0 Å². The van der Waals surface area contributed by atoms with Gasteiger partial charge in [-0.1, -0.05) is 24.6 Å². The molecule has 28 heavy (non-hydrogen) atoms. The van der Waals surface area contributed by atoms with E-state index in [4.69, 9.17) is 0 Å². The average molecular weight is 422 g/mol. The summed E-state index contributed by atoms with van der Waals surface area (Å²) in [4.78, 5) is 24.5. The number of nitrogens with zero attached hydrogens (tertiary/aromatic N) is 1. The Morgan fingerprint density at radius 1 is 1.00 bits per heavy atom. The third-order valence-electron chi connectivity index (χ3n) is 4.58. The van der Waals surface area contributed by atoms with E-state index in [0.717, 1.165) is 24.8 Å². The highest BCUT2D eigenvalue weighted by molar-refractivity contribution is 7.89. The van der Waals surface area contributed by atoms with Gasteiger partial charge < -0.3 is 0 Å². The van der Waals surface area contributed by atoms with Gasteiger partial charge in [0.1, 0.15) is 0 Å². The van der Waals surface area contributed by atoms with Gasteiger partial charge in [-0.2, -0.15) is 4.31 Å². The average Bonchev–Trinajstić information content (AvgIpc) is 3.26. The van der Waals surface area contributed by atoms with Crippen molar-refractivity contribution in [2.45, 2.75) is 37.0 Å². The molecule has 1 saturated heterocycles. The van der Waals surface area contributed by atoms with Crippen molar-refractivity contribution in [3.63, 3.8) is 0 Å². The van der Waals surface area contributed by atoms with E-state index in [2.05, 4.69) is 10.9 Å². The number of hydrogen-bond donors (Lipinski definition) is 2. The van der Waals surface area contributed by atoms with Crippen LogP contribution < -0.4 is 10.9 Å².